The minimum absolute atomic E-state index is 0. The second-order valence-corrected chi connectivity index (χ2v) is 17.3. The quantitative estimate of drug-likeness (QED) is 0.0909. The van der Waals surface area contributed by atoms with Crippen LogP contribution >= 0.6 is 0 Å². The van der Waals surface area contributed by atoms with Gasteiger partial charge in [0, 0.05) is 24.2 Å². The Kier molecular flexibility index (Phi) is 24.2. The molecule has 0 atom stereocenters. The van der Waals surface area contributed by atoms with Gasteiger partial charge in [-0.3, -0.25) is 18.8 Å². The van der Waals surface area contributed by atoms with E-state index in [0.717, 1.165) is 83.1 Å². The molecule has 2 aromatic carbocycles. The molecule has 2 aromatic rings. The first-order valence-electron chi connectivity index (χ1n) is 18.1. The summed E-state index contributed by atoms with van der Waals surface area (Å²) in [4.78, 5) is 0. The zero-order valence-corrected chi connectivity index (χ0v) is 34.5. The first-order valence-corrected chi connectivity index (χ1v) is 18.1. The first kappa shape index (κ1) is 53.0. The lowest BCUT2D eigenvalue weighted by Crippen LogP contribution is -2.27. The molecule has 51 heavy (non-hydrogen) atoms. The van der Waals surface area contributed by atoms with Gasteiger partial charge in [0.2, 0.25) is 0 Å². The van der Waals surface area contributed by atoms with Crippen molar-refractivity contribution in [2.24, 2.45) is 0 Å². The Morgan fingerprint density at radius 2 is 0.686 bits per heavy atom. The van der Waals surface area contributed by atoms with Crippen LogP contribution in [-0.2, 0) is 34.7 Å². The molecule has 0 radical (unpaired) electrons. The van der Waals surface area contributed by atoms with Crippen molar-refractivity contribution in [2.75, 3.05) is 53.5 Å². The Morgan fingerprint density at radius 1 is 0.412 bits per heavy atom. The van der Waals surface area contributed by atoms with Gasteiger partial charge in [-0.2, -0.15) is 0 Å². The molecular formula is C41H76F4N4O2. The predicted molar refractivity (Wildman–Crippen MR) is 214 cm³/mol. The van der Waals surface area contributed by atoms with E-state index in [4.69, 9.17) is 9.47 Å². The van der Waals surface area contributed by atoms with Crippen LogP contribution in [0.3, 0.4) is 0 Å². The van der Waals surface area contributed by atoms with Crippen molar-refractivity contribution in [3.63, 3.8) is 0 Å². The molecule has 0 unspecified atom stereocenters. The highest BCUT2D eigenvalue weighted by atomic mass is 19.0. The molecule has 0 aliphatic rings. The van der Waals surface area contributed by atoms with Crippen LogP contribution in [0.15, 0.2) is 24.3 Å². The average Bonchev–Trinajstić information content (AvgIpc) is 2.96. The highest BCUT2D eigenvalue weighted by molar-refractivity contribution is 5.49. The van der Waals surface area contributed by atoms with E-state index in [1.54, 1.807) is 14.2 Å². The van der Waals surface area contributed by atoms with Crippen molar-refractivity contribution in [1.29, 1.82) is 0 Å². The van der Waals surface area contributed by atoms with E-state index in [2.05, 4.69) is 129 Å². The minimum atomic E-state index is 0. The fourth-order valence-corrected chi connectivity index (χ4v) is 5.92. The van der Waals surface area contributed by atoms with Crippen LogP contribution < -0.4 is 30.7 Å². The molecule has 0 fully saturated rings. The summed E-state index contributed by atoms with van der Waals surface area (Å²) in [6, 6.07) is 9.23. The van der Waals surface area contributed by atoms with Gasteiger partial charge in [-0.1, -0.05) is 95.2 Å². The molecule has 10 heteroatoms. The molecule has 300 valence electrons. The normalized spacial score (nSPS) is 11.9. The standard InChI is InChI=1S/C41H72N4O2.4FH/c1-38(2,3)30-24-34(40(7,8)9)32(36(26-30)46-13)28-44-22-16-20-42-18-15-19-43-21-17-23-45-29-33-35(41(10,11)12)25-31(39(4,5)6)27-37(33)47-14;;;;/h24-27,42-45H,15-23,28-29H2,1-14H3;4*1H. The minimum Gasteiger partial charge on any atom is -0.496 e. The van der Waals surface area contributed by atoms with Crippen molar-refractivity contribution in [3.05, 3.63) is 57.6 Å². The van der Waals surface area contributed by atoms with Crippen LogP contribution in [0.1, 0.15) is 136 Å². The monoisotopic (exact) mass is 733 g/mol. The van der Waals surface area contributed by atoms with Crippen LogP contribution in [0.2, 0.25) is 0 Å². The van der Waals surface area contributed by atoms with Crippen LogP contribution in [0.4, 0.5) is 18.8 Å². The van der Waals surface area contributed by atoms with Gasteiger partial charge in [-0.15, -0.1) is 0 Å². The second-order valence-electron chi connectivity index (χ2n) is 17.3. The third-order valence-electron chi connectivity index (χ3n) is 8.93. The number of hydrogen-bond acceptors (Lipinski definition) is 6. The van der Waals surface area contributed by atoms with Gasteiger partial charge in [0.05, 0.1) is 14.2 Å². The van der Waals surface area contributed by atoms with Gasteiger partial charge in [-0.25, -0.2) is 0 Å². The summed E-state index contributed by atoms with van der Waals surface area (Å²) < 4.78 is 11.8. The summed E-state index contributed by atoms with van der Waals surface area (Å²) in [5.41, 5.74) is 8.25. The van der Waals surface area contributed by atoms with Crippen molar-refractivity contribution in [3.8, 4) is 11.5 Å². The highest BCUT2D eigenvalue weighted by Crippen LogP contribution is 2.38. The average molecular weight is 733 g/mol. The summed E-state index contributed by atoms with van der Waals surface area (Å²) in [5.74, 6) is 1.99. The van der Waals surface area contributed by atoms with E-state index in [9.17, 15) is 0 Å². The molecule has 4 N–H and O–H groups in total. The maximum atomic E-state index is 5.88. The molecule has 0 bridgehead atoms. The number of rotatable bonds is 18. The zero-order valence-electron chi connectivity index (χ0n) is 34.5. The lowest BCUT2D eigenvalue weighted by molar-refractivity contribution is 0.401. The van der Waals surface area contributed by atoms with Crippen LogP contribution in [0.25, 0.3) is 0 Å². The van der Waals surface area contributed by atoms with Gasteiger partial charge in [0.25, 0.3) is 0 Å². The Labute approximate surface area is 308 Å². The van der Waals surface area contributed by atoms with Gasteiger partial charge < -0.3 is 30.7 Å². The van der Waals surface area contributed by atoms with E-state index >= 15 is 0 Å². The maximum Gasteiger partial charge on any atom is 0.123 e. The van der Waals surface area contributed by atoms with Crippen molar-refractivity contribution in [1.82, 2.24) is 21.3 Å². The molecule has 0 aromatic heterocycles. The summed E-state index contributed by atoms with van der Waals surface area (Å²) >= 11 is 0. The summed E-state index contributed by atoms with van der Waals surface area (Å²) in [7, 11) is 3.59. The Hall–Kier alpha value is -2.40. The van der Waals surface area contributed by atoms with Crippen molar-refractivity contribution < 1.29 is 28.3 Å². The molecule has 0 aliphatic heterocycles. The summed E-state index contributed by atoms with van der Waals surface area (Å²) in [6.45, 7) is 35.1. The van der Waals surface area contributed by atoms with Crippen molar-refractivity contribution in [2.45, 2.75) is 137 Å². The van der Waals surface area contributed by atoms with Crippen LogP contribution in [0.5, 0.6) is 11.5 Å². The number of nitrogens with one attached hydrogen (secondary N) is 4. The van der Waals surface area contributed by atoms with Gasteiger partial charge in [0.1, 0.15) is 11.5 Å². The van der Waals surface area contributed by atoms with E-state index in [-0.39, 0.29) is 40.5 Å². The molecule has 0 spiro atoms. The molecule has 6 nitrogen and oxygen atoms in total. The van der Waals surface area contributed by atoms with E-state index < -0.39 is 0 Å². The van der Waals surface area contributed by atoms with E-state index in [0.29, 0.717) is 0 Å². The third-order valence-corrected chi connectivity index (χ3v) is 8.93. The molecule has 0 saturated heterocycles. The third kappa shape index (κ3) is 17.3. The fraction of sp³-hybridized carbons (Fsp3) is 0.707. The number of halogens is 4. The topological polar surface area (TPSA) is 66.6 Å². The zero-order chi connectivity index (χ0) is 35.5. The largest absolute Gasteiger partial charge is 0.496 e. The smallest absolute Gasteiger partial charge is 0.123 e. The first-order chi connectivity index (χ1) is 21.8. The summed E-state index contributed by atoms with van der Waals surface area (Å²) in [6.07, 6.45) is 3.35. The Morgan fingerprint density at radius 3 is 0.922 bits per heavy atom. The fourth-order valence-electron chi connectivity index (χ4n) is 5.92. The molecular weight excluding hydrogens is 656 g/mol. The molecule has 2 rings (SSSR count). The number of ether oxygens (including phenoxy) is 2. The number of methoxy groups -OCH3 is 2. The number of hydrogen-bond donors (Lipinski definition) is 4. The molecule has 0 amide bonds. The highest BCUT2D eigenvalue weighted by Gasteiger charge is 2.26. The molecule has 0 saturated carbocycles. The predicted octanol–water partition coefficient (Wildman–Crippen LogP) is 8.73. The van der Waals surface area contributed by atoms with E-state index in [1.165, 1.54) is 33.4 Å². The Bertz CT molecular complexity index is 1150. The lowest BCUT2D eigenvalue weighted by atomic mass is 9.78. The van der Waals surface area contributed by atoms with E-state index in [1.807, 2.05) is 0 Å². The maximum absolute atomic E-state index is 5.88. The van der Waals surface area contributed by atoms with Crippen molar-refractivity contribution >= 4 is 0 Å². The SMILES string of the molecule is COc1cc(C(C)(C)C)cc(C(C)(C)C)c1CNCCCNCCCNCCCNCc1c(OC)cc(C(C)(C)C)cc1C(C)(C)C.F.F.F.F. The summed E-state index contributed by atoms with van der Waals surface area (Å²) in [5, 5.41) is 14.6. The van der Waals surface area contributed by atoms with Crippen LogP contribution in [-0.4, -0.2) is 53.5 Å². The van der Waals surface area contributed by atoms with Gasteiger partial charge >= 0.3 is 0 Å². The molecule has 0 aliphatic carbocycles. The van der Waals surface area contributed by atoms with Gasteiger partial charge in [0.15, 0.2) is 0 Å². The van der Waals surface area contributed by atoms with Crippen LogP contribution in [0, 0.1) is 0 Å². The second kappa shape index (κ2) is 23.3. The number of benzene rings is 2. The lowest BCUT2D eigenvalue weighted by Gasteiger charge is -2.29. The molecule has 0 heterocycles. The van der Waals surface area contributed by atoms with Gasteiger partial charge in [-0.05, 0) is 115 Å². The Balaban J connectivity index is -0.00000576.